The number of carbonyl (C=O) groups excluding carboxylic acids is 1. The van der Waals surface area contributed by atoms with Crippen molar-refractivity contribution in [1.29, 1.82) is 0 Å². The van der Waals surface area contributed by atoms with Gasteiger partial charge < -0.3 is 0 Å². The minimum Gasteiger partial charge on any atom is -0.294 e. The molecular formula is C11H6ClF3OS. The Hall–Kier alpha value is -1.07. The molecule has 0 saturated carbocycles. The molecule has 0 unspecified atom stereocenters. The molecule has 0 fully saturated rings. The van der Waals surface area contributed by atoms with Crippen molar-refractivity contribution in [3.63, 3.8) is 0 Å². The monoisotopic (exact) mass is 278 g/mol. The lowest BCUT2D eigenvalue weighted by atomic mass is 10.1. The van der Waals surface area contributed by atoms with E-state index in [0.717, 1.165) is 18.3 Å². The van der Waals surface area contributed by atoms with E-state index in [-0.39, 0.29) is 15.3 Å². The maximum absolute atomic E-state index is 12.9. The van der Waals surface area contributed by atoms with Gasteiger partial charge in [-0.3, -0.25) is 4.79 Å². The molecule has 0 N–H and O–H groups in total. The minimum atomic E-state index is -4.55. The summed E-state index contributed by atoms with van der Waals surface area (Å²) in [6.07, 6.45) is -4.55. The first-order chi connectivity index (χ1) is 7.80. The molecule has 6 heteroatoms. The van der Waals surface area contributed by atoms with E-state index in [2.05, 4.69) is 0 Å². The van der Waals surface area contributed by atoms with Crippen molar-refractivity contribution < 1.29 is 18.0 Å². The van der Waals surface area contributed by atoms with Crippen LogP contribution in [0.15, 0.2) is 18.2 Å². The molecule has 0 bridgehead atoms. The van der Waals surface area contributed by atoms with Gasteiger partial charge in [-0.15, -0.1) is 11.3 Å². The highest BCUT2D eigenvalue weighted by atomic mass is 35.5. The van der Waals surface area contributed by atoms with Crippen LogP contribution >= 0.6 is 22.9 Å². The smallest absolute Gasteiger partial charge is 0.294 e. The Bertz CT molecular complexity index is 601. The van der Waals surface area contributed by atoms with Gasteiger partial charge in [0.15, 0.2) is 5.78 Å². The van der Waals surface area contributed by atoms with Crippen LogP contribution in [-0.2, 0) is 6.18 Å². The number of hydrogen-bond donors (Lipinski definition) is 0. The van der Waals surface area contributed by atoms with Gasteiger partial charge in [-0.25, -0.2) is 0 Å². The SMILES string of the molecule is CC(=O)c1sc2ccc(Cl)cc2c1C(F)(F)F. The highest BCUT2D eigenvalue weighted by Crippen LogP contribution is 2.43. The molecule has 0 saturated heterocycles. The van der Waals surface area contributed by atoms with E-state index in [9.17, 15) is 18.0 Å². The summed E-state index contributed by atoms with van der Waals surface area (Å²) < 4.78 is 39.2. The van der Waals surface area contributed by atoms with Crippen LogP contribution in [0.2, 0.25) is 5.02 Å². The topological polar surface area (TPSA) is 17.1 Å². The van der Waals surface area contributed by atoms with Crippen LogP contribution in [0.25, 0.3) is 10.1 Å². The lowest BCUT2D eigenvalue weighted by Gasteiger charge is -2.07. The minimum absolute atomic E-state index is 0.0137. The number of alkyl halides is 3. The Morgan fingerprint density at radius 1 is 1.35 bits per heavy atom. The summed E-state index contributed by atoms with van der Waals surface area (Å²) in [7, 11) is 0. The maximum atomic E-state index is 12.9. The van der Waals surface area contributed by atoms with Crippen molar-refractivity contribution in [2.24, 2.45) is 0 Å². The molecule has 1 aromatic heterocycles. The van der Waals surface area contributed by atoms with Gasteiger partial charge in [0.05, 0.1) is 10.4 Å². The van der Waals surface area contributed by atoms with Gasteiger partial charge in [-0.1, -0.05) is 11.6 Å². The molecule has 0 amide bonds. The third-order valence-electron chi connectivity index (χ3n) is 2.25. The number of rotatable bonds is 1. The van der Waals surface area contributed by atoms with E-state index in [1.807, 2.05) is 0 Å². The summed E-state index contributed by atoms with van der Waals surface area (Å²) in [6.45, 7) is 1.13. The number of hydrogen-bond acceptors (Lipinski definition) is 2. The first-order valence-corrected chi connectivity index (χ1v) is 5.80. The second-order valence-corrected chi connectivity index (χ2v) is 4.99. The Balaban J connectivity index is 2.87. The van der Waals surface area contributed by atoms with Gasteiger partial charge >= 0.3 is 6.18 Å². The molecular weight excluding hydrogens is 273 g/mol. The number of fused-ring (bicyclic) bond motifs is 1. The number of thiophene rings is 1. The van der Waals surface area contributed by atoms with Crippen LogP contribution in [0.1, 0.15) is 22.2 Å². The third kappa shape index (κ3) is 2.17. The summed E-state index contributed by atoms with van der Waals surface area (Å²) in [5, 5.41) is 0.205. The normalized spacial score (nSPS) is 12.1. The predicted octanol–water partition coefficient (Wildman–Crippen LogP) is 4.78. The number of Topliss-reactive ketones (excluding diaryl/α,β-unsaturated/α-hetero) is 1. The zero-order valence-electron chi connectivity index (χ0n) is 8.56. The lowest BCUT2D eigenvalue weighted by Crippen LogP contribution is -2.08. The van der Waals surface area contributed by atoms with Gasteiger partial charge in [0.25, 0.3) is 0 Å². The van der Waals surface area contributed by atoms with E-state index in [1.54, 1.807) is 0 Å². The van der Waals surface area contributed by atoms with Crippen LogP contribution < -0.4 is 0 Å². The number of ketones is 1. The van der Waals surface area contributed by atoms with E-state index >= 15 is 0 Å². The van der Waals surface area contributed by atoms with Gasteiger partial charge in [-0.05, 0) is 25.1 Å². The Kier molecular flexibility index (Phi) is 2.91. The Morgan fingerprint density at radius 3 is 2.53 bits per heavy atom. The molecule has 0 atom stereocenters. The standard InChI is InChI=1S/C11H6ClF3OS/c1-5(16)10-9(11(13,14)15)7-4-6(12)2-3-8(7)17-10/h2-4H,1H3. The van der Waals surface area contributed by atoms with Crippen molar-refractivity contribution in [3.8, 4) is 0 Å². The summed E-state index contributed by atoms with van der Waals surface area (Å²) in [5.74, 6) is -0.588. The molecule has 90 valence electrons. The molecule has 1 nitrogen and oxygen atoms in total. The summed E-state index contributed by atoms with van der Waals surface area (Å²) >= 11 is 6.52. The highest BCUT2D eigenvalue weighted by molar-refractivity contribution is 7.21. The fourth-order valence-electron chi connectivity index (χ4n) is 1.60. The fourth-order valence-corrected chi connectivity index (χ4v) is 2.87. The van der Waals surface area contributed by atoms with E-state index in [4.69, 9.17) is 11.6 Å². The number of halogens is 4. The zero-order chi connectivity index (χ0) is 12.8. The first-order valence-electron chi connectivity index (χ1n) is 4.61. The molecule has 0 spiro atoms. The molecule has 0 aliphatic rings. The molecule has 1 heterocycles. The average Bonchev–Trinajstić information content (AvgIpc) is 2.55. The summed E-state index contributed by atoms with van der Waals surface area (Å²) in [5.41, 5.74) is -0.882. The van der Waals surface area contributed by atoms with E-state index in [0.29, 0.717) is 4.70 Å². The van der Waals surface area contributed by atoms with Crippen LogP contribution in [0.3, 0.4) is 0 Å². The molecule has 2 rings (SSSR count). The quantitative estimate of drug-likeness (QED) is 0.686. The Morgan fingerprint density at radius 2 is 2.00 bits per heavy atom. The van der Waals surface area contributed by atoms with E-state index in [1.165, 1.54) is 18.2 Å². The molecule has 0 aliphatic carbocycles. The van der Waals surface area contributed by atoms with Crippen molar-refractivity contribution in [2.75, 3.05) is 0 Å². The molecule has 2 aromatic rings. The van der Waals surface area contributed by atoms with E-state index < -0.39 is 17.5 Å². The second-order valence-electron chi connectivity index (χ2n) is 3.50. The summed E-state index contributed by atoms with van der Waals surface area (Å²) in [6, 6.07) is 4.23. The fraction of sp³-hybridized carbons (Fsp3) is 0.182. The highest BCUT2D eigenvalue weighted by Gasteiger charge is 2.38. The maximum Gasteiger partial charge on any atom is 0.418 e. The second kappa shape index (κ2) is 3.99. The summed E-state index contributed by atoms with van der Waals surface area (Å²) in [4.78, 5) is 11.0. The van der Waals surface area contributed by atoms with Gasteiger partial charge in [0.1, 0.15) is 0 Å². The number of benzene rings is 1. The van der Waals surface area contributed by atoms with Crippen molar-refractivity contribution in [2.45, 2.75) is 13.1 Å². The molecule has 1 aromatic carbocycles. The first kappa shape index (κ1) is 12.4. The van der Waals surface area contributed by atoms with Gasteiger partial charge in [0, 0.05) is 15.1 Å². The van der Waals surface area contributed by atoms with Gasteiger partial charge in [0.2, 0.25) is 0 Å². The van der Waals surface area contributed by atoms with Crippen LogP contribution in [0.5, 0.6) is 0 Å². The predicted molar refractivity (Wildman–Crippen MR) is 61.8 cm³/mol. The Labute approximate surface area is 104 Å². The zero-order valence-corrected chi connectivity index (χ0v) is 10.1. The number of carbonyl (C=O) groups is 1. The average molecular weight is 279 g/mol. The largest absolute Gasteiger partial charge is 0.418 e. The molecule has 0 radical (unpaired) electrons. The lowest BCUT2D eigenvalue weighted by molar-refractivity contribution is -0.136. The van der Waals surface area contributed by atoms with Crippen LogP contribution in [0, 0.1) is 0 Å². The van der Waals surface area contributed by atoms with Crippen LogP contribution in [-0.4, -0.2) is 5.78 Å². The van der Waals surface area contributed by atoms with Crippen molar-refractivity contribution >= 4 is 38.8 Å². The van der Waals surface area contributed by atoms with Gasteiger partial charge in [-0.2, -0.15) is 13.2 Å². The molecule has 0 aliphatic heterocycles. The van der Waals surface area contributed by atoms with Crippen molar-refractivity contribution in [3.05, 3.63) is 33.7 Å². The van der Waals surface area contributed by atoms with Crippen LogP contribution in [0.4, 0.5) is 13.2 Å². The van der Waals surface area contributed by atoms with Crippen molar-refractivity contribution in [1.82, 2.24) is 0 Å². The molecule has 17 heavy (non-hydrogen) atoms. The third-order valence-corrected chi connectivity index (χ3v) is 3.76.